The Bertz CT molecular complexity index is 783. The third-order valence-corrected chi connectivity index (χ3v) is 3.81. The van der Waals surface area contributed by atoms with Gasteiger partial charge in [0.15, 0.2) is 0 Å². The average molecular weight is 369 g/mol. The minimum absolute atomic E-state index is 0.139. The van der Waals surface area contributed by atoms with E-state index in [0.29, 0.717) is 23.0 Å². The van der Waals surface area contributed by atoms with Gasteiger partial charge in [-0.1, -0.05) is 13.8 Å². The van der Waals surface area contributed by atoms with Gasteiger partial charge in [0.2, 0.25) is 11.9 Å². The Hall–Kier alpha value is -2.96. The number of anilines is 3. The molecule has 2 aromatic rings. The van der Waals surface area contributed by atoms with E-state index in [9.17, 15) is 9.59 Å². The van der Waals surface area contributed by atoms with E-state index >= 15 is 0 Å². The molecule has 0 aliphatic heterocycles. The van der Waals surface area contributed by atoms with Crippen molar-refractivity contribution >= 4 is 29.1 Å². The van der Waals surface area contributed by atoms with Crippen LogP contribution in [-0.2, 0) is 4.79 Å². The summed E-state index contributed by atoms with van der Waals surface area (Å²) in [6, 6.07) is 8.62. The van der Waals surface area contributed by atoms with E-state index in [1.54, 1.807) is 30.3 Å². The number of nitrogens with zero attached hydrogens (tertiary/aromatic N) is 3. The van der Waals surface area contributed by atoms with Crippen LogP contribution in [0.3, 0.4) is 0 Å². The Kier molecular flexibility index (Phi) is 7.28. The number of hydrogen-bond donors (Lipinski definition) is 2. The summed E-state index contributed by atoms with van der Waals surface area (Å²) in [6.45, 7) is 9.23. The highest BCUT2D eigenvalue weighted by Gasteiger charge is 2.14. The topological polar surface area (TPSA) is 87.2 Å². The maximum absolute atomic E-state index is 12.6. The highest BCUT2D eigenvalue weighted by molar-refractivity contribution is 6.03. The average Bonchev–Trinajstić information content (AvgIpc) is 2.62. The minimum atomic E-state index is -0.290. The first-order chi connectivity index (χ1) is 12.9. The van der Waals surface area contributed by atoms with Crippen molar-refractivity contribution in [3.05, 3.63) is 41.7 Å². The predicted molar refractivity (Wildman–Crippen MR) is 108 cm³/mol. The summed E-state index contributed by atoms with van der Waals surface area (Å²) in [6.07, 6.45) is 1.97. The van der Waals surface area contributed by atoms with Gasteiger partial charge in [0.1, 0.15) is 5.69 Å². The Labute approximate surface area is 160 Å². The normalized spacial score (nSPS) is 10.4. The molecule has 2 rings (SSSR count). The lowest BCUT2D eigenvalue weighted by Gasteiger charge is -2.22. The molecule has 2 N–H and O–H groups in total. The summed E-state index contributed by atoms with van der Waals surface area (Å²) < 4.78 is 0. The Morgan fingerprint density at radius 1 is 0.963 bits per heavy atom. The van der Waals surface area contributed by atoms with Gasteiger partial charge < -0.3 is 15.5 Å². The molecule has 0 saturated heterocycles. The van der Waals surface area contributed by atoms with Gasteiger partial charge in [-0.2, -0.15) is 0 Å². The molecule has 0 atom stereocenters. The van der Waals surface area contributed by atoms with E-state index < -0.39 is 0 Å². The molecule has 0 radical (unpaired) electrons. The summed E-state index contributed by atoms with van der Waals surface area (Å²) in [5.74, 6) is 0.159. The van der Waals surface area contributed by atoms with E-state index in [2.05, 4.69) is 39.3 Å². The third kappa shape index (κ3) is 6.06. The second kappa shape index (κ2) is 9.66. The van der Waals surface area contributed by atoms with E-state index in [4.69, 9.17) is 0 Å². The van der Waals surface area contributed by atoms with Crippen LogP contribution in [0, 0.1) is 6.92 Å². The van der Waals surface area contributed by atoms with Gasteiger partial charge in [0.25, 0.3) is 5.91 Å². The summed E-state index contributed by atoms with van der Waals surface area (Å²) in [5, 5.41) is 5.53. The summed E-state index contributed by atoms with van der Waals surface area (Å²) >= 11 is 0. The lowest BCUT2D eigenvalue weighted by Crippen LogP contribution is -2.28. The van der Waals surface area contributed by atoms with Crippen molar-refractivity contribution in [2.45, 2.75) is 40.5 Å². The summed E-state index contributed by atoms with van der Waals surface area (Å²) in [4.78, 5) is 34.8. The maximum atomic E-state index is 12.6. The predicted octanol–water partition coefficient (Wildman–Crippen LogP) is 3.62. The summed E-state index contributed by atoms with van der Waals surface area (Å²) in [7, 11) is 0. The molecule has 144 valence electrons. The maximum Gasteiger partial charge on any atom is 0.274 e. The van der Waals surface area contributed by atoms with Crippen LogP contribution in [0.2, 0.25) is 0 Å². The standard InChI is InChI=1S/C20H27N5O2/c1-5-11-25(12-6-2)20-21-14(3)13-18(24-20)19(27)23-17-9-7-16(8-10-17)22-15(4)26/h7-10,13H,5-6,11-12H2,1-4H3,(H,22,26)(H,23,27). The molecular weight excluding hydrogens is 342 g/mol. The second-order valence-corrected chi connectivity index (χ2v) is 6.39. The highest BCUT2D eigenvalue weighted by atomic mass is 16.2. The fourth-order valence-corrected chi connectivity index (χ4v) is 2.70. The highest BCUT2D eigenvalue weighted by Crippen LogP contribution is 2.16. The van der Waals surface area contributed by atoms with E-state index in [1.165, 1.54) is 6.92 Å². The minimum Gasteiger partial charge on any atom is -0.341 e. The SMILES string of the molecule is CCCN(CCC)c1nc(C)cc(C(=O)Nc2ccc(NC(C)=O)cc2)n1. The summed E-state index contributed by atoms with van der Waals surface area (Å²) in [5.41, 5.74) is 2.39. The Morgan fingerprint density at radius 2 is 1.52 bits per heavy atom. The van der Waals surface area contributed by atoms with Crippen LogP contribution >= 0.6 is 0 Å². The van der Waals surface area contributed by atoms with Gasteiger partial charge in [0, 0.05) is 37.1 Å². The second-order valence-electron chi connectivity index (χ2n) is 6.39. The zero-order chi connectivity index (χ0) is 19.8. The molecule has 0 aliphatic rings. The van der Waals surface area contributed by atoms with Crippen LogP contribution in [0.4, 0.5) is 17.3 Å². The molecule has 7 heteroatoms. The lowest BCUT2D eigenvalue weighted by molar-refractivity contribution is -0.114. The van der Waals surface area contributed by atoms with Crippen molar-refractivity contribution in [2.75, 3.05) is 28.6 Å². The zero-order valence-corrected chi connectivity index (χ0v) is 16.4. The van der Waals surface area contributed by atoms with Gasteiger partial charge >= 0.3 is 0 Å². The molecule has 1 aromatic heterocycles. The van der Waals surface area contributed by atoms with Crippen molar-refractivity contribution in [1.82, 2.24) is 9.97 Å². The van der Waals surface area contributed by atoms with Crippen LogP contribution in [0.1, 0.15) is 49.8 Å². The molecule has 2 amide bonds. The molecule has 0 aliphatic carbocycles. The Balaban J connectivity index is 2.16. The molecule has 0 unspecified atom stereocenters. The van der Waals surface area contributed by atoms with Crippen molar-refractivity contribution < 1.29 is 9.59 Å². The van der Waals surface area contributed by atoms with Gasteiger partial charge in [-0.25, -0.2) is 9.97 Å². The van der Waals surface area contributed by atoms with E-state index in [-0.39, 0.29) is 11.8 Å². The number of hydrogen-bond acceptors (Lipinski definition) is 5. The number of aryl methyl sites for hydroxylation is 1. The molecule has 1 heterocycles. The molecule has 27 heavy (non-hydrogen) atoms. The van der Waals surface area contributed by atoms with Crippen molar-refractivity contribution in [1.29, 1.82) is 0 Å². The van der Waals surface area contributed by atoms with E-state index in [1.807, 2.05) is 6.92 Å². The molecule has 0 spiro atoms. The number of rotatable bonds is 8. The molecule has 0 fully saturated rings. The first kappa shape index (κ1) is 20.4. The number of nitrogens with one attached hydrogen (secondary N) is 2. The van der Waals surface area contributed by atoms with Gasteiger partial charge in [-0.3, -0.25) is 9.59 Å². The third-order valence-electron chi connectivity index (χ3n) is 3.81. The first-order valence-corrected chi connectivity index (χ1v) is 9.22. The van der Waals surface area contributed by atoms with Crippen LogP contribution in [0.25, 0.3) is 0 Å². The van der Waals surface area contributed by atoms with Crippen LogP contribution in [0.5, 0.6) is 0 Å². The Morgan fingerprint density at radius 3 is 2.04 bits per heavy atom. The number of aromatic nitrogens is 2. The van der Waals surface area contributed by atoms with Gasteiger partial charge in [-0.05, 0) is 50.1 Å². The monoisotopic (exact) mass is 369 g/mol. The van der Waals surface area contributed by atoms with Crippen LogP contribution in [0.15, 0.2) is 30.3 Å². The molecule has 0 saturated carbocycles. The lowest BCUT2D eigenvalue weighted by atomic mass is 10.2. The number of carbonyl (C=O) groups excluding carboxylic acids is 2. The van der Waals surface area contributed by atoms with Crippen molar-refractivity contribution in [2.24, 2.45) is 0 Å². The van der Waals surface area contributed by atoms with Crippen molar-refractivity contribution in [3.63, 3.8) is 0 Å². The molecule has 7 nitrogen and oxygen atoms in total. The number of carbonyl (C=O) groups is 2. The van der Waals surface area contributed by atoms with Gasteiger partial charge in [0.05, 0.1) is 0 Å². The van der Waals surface area contributed by atoms with Crippen LogP contribution in [-0.4, -0.2) is 34.9 Å². The fraction of sp³-hybridized carbons (Fsp3) is 0.400. The van der Waals surface area contributed by atoms with Crippen molar-refractivity contribution in [3.8, 4) is 0 Å². The van der Waals surface area contributed by atoms with E-state index in [0.717, 1.165) is 31.6 Å². The smallest absolute Gasteiger partial charge is 0.274 e. The largest absolute Gasteiger partial charge is 0.341 e. The fourth-order valence-electron chi connectivity index (χ4n) is 2.70. The first-order valence-electron chi connectivity index (χ1n) is 9.22. The molecule has 1 aromatic carbocycles. The molecular formula is C20H27N5O2. The van der Waals surface area contributed by atoms with Crippen LogP contribution < -0.4 is 15.5 Å². The number of amides is 2. The zero-order valence-electron chi connectivity index (χ0n) is 16.4. The molecule has 0 bridgehead atoms. The van der Waals surface area contributed by atoms with Gasteiger partial charge in [-0.15, -0.1) is 0 Å². The number of benzene rings is 1. The quantitative estimate of drug-likeness (QED) is 0.742.